The number of methoxy groups -OCH3 is 2. The van der Waals surface area contributed by atoms with Crippen LogP contribution in [-0.2, 0) is 14.3 Å². The molecular formula is C11H10N2O7. The summed E-state index contributed by atoms with van der Waals surface area (Å²) in [5, 5.41) is 10.9. The molecule has 0 aromatic carbocycles. The number of ether oxygens (including phenoxy) is 3. The van der Waals surface area contributed by atoms with Gasteiger partial charge in [0, 0.05) is 12.3 Å². The van der Waals surface area contributed by atoms with Crippen LogP contribution in [0.15, 0.2) is 18.0 Å². The largest absolute Gasteiger partial charge is 0.487 e. The second-order valence-corrected chi connectivity index (χ2v) is 3.32. The van der Waals surface area contributed by atoms with Gasteiger partial charge in [0.2, 0.25) is 5.76 Å². The molecule has 1 aromatic rings. The Morgan fingerprint density at radius 2 is 2.15 bits per heavy atom. The minimum absolute atomic E-state index is 0.0931. The fourth-order valence-corrected chi connectivity index (χ4v) is 1.18. The minimum Gasteiger partial charge on any atom is -0.487 e. The summed E-state index contributed by atoms with van der Waals surface area (Å²) in [6, 6.07) is 0.964. The molecule has 0 saturated carbocycles. The molecule has 0 unspecified atom stereocenters. The zero-order valence-corrected chi connectivity index (χ0v) is 10.6. The fourth-order valence-electron chi connectivity index (χ4n) is 1.18. The lowest BCUT2D eigenvalue weighted by Crippen LogP contribution is -2.09. The first kappa shape index (κ1) is 15.1. The van der Waals surface area contributed by atoms with Crippen LogP contribution in [0.2, 0.25) is 0 Å². The number of nitrogens with zero attached hydrogens (tertiary/aromatic N) is 2. The van der Waals surface area contributed by atoms with E-state index in [1.165, 1.54) is 13.1 Å². The van der Waals surface area contributed by atoms with Crippen molar-refractivity contribution in [2.24, 2.45) is 0 Å². The maximum Gasteiger partial charge on any atom is 0.339 e. The van der Waals surface area contributed by atoms with Gasteiger partial charge < -0.3 is 14.2 Å². The summed E-state index contributed by atoms with van der Waals surface area (Å²) < 4.78 is 14.0. The topological polar surface area (TPSA) is 118 Å². The molecule has 0 fully saturated rings. The van der Waals surface area contributed by atoms with Gasteiger partial charge in [0.15, 0.2) is 12.5 Å². The average molecular weight is 282 g/mol. The van der Waals surface area contributed by atoms with Crippen molar-refractivity contribution in [3.8, 4) is 5.88 Å². The van der Waals surface area contributed by atoms with Gasteiger partial charge in [-0.3, -0.25) is 10.1 Å². The average Bonchev–Trinajstić information content (AvgIpc) is 2.47. The Morgan fingerprint density at radius 3 is 2.65 bits per heavy atom. The summed E-state index contributed by atoms with van der Waals surface area (Å²) >= 11 is 0. The molecule has 0 aliphatic rings. The number of hydrogen-bond donors (Lipinski definition) is 0. The molecule has 9 heteroatoms. The molecule has 0 spiro atoms. The zero-order chi connectivity index (χ0) is 15.1. The van der Waals surface area contributed by atoms with E-state index in [1.807, 2.05) is 0 Å². The molecule has 9 nitrogen and oxygen atoms in total. The quantitative estimate of drug-likeness (QED) is 0.243. The van der Waals surface area contributed by atoms with Gasteiger partial charge >= 0.3 is 11.7 Å². The summed E-state index contributed by atoms with van der Waals surface area (Å²) in [4.78, 5) is 35.4. The van der Waals surface area contributed by atoms with Crippen LogP contribution in [0.4, 0.5) is 5.69 Å². The van der Waals surface area contributed by atoms with Crippen molar-refractivity contribution in [3.63, 3.8) is 0 Å². The van der Waals surface area contributed by atoms with Gasteiger partial charge in [-0.05, 0) is 0 Å². The Hall–Kier alpha value is -2.93. The summed E-state index contributed by atoms with van der Waals surface area (Å²) in [5.41, 5.74) is -0.626. The third kappa shape index (κ3) is 3.53. The first-order valence-corrected chi connectivity index (χ1v) is 5.17. The first-order chi connectivity index (χ1) is 9.53. The van der Waals surface area contributed by atoms with Gasteiger partial charge in [-0.25, -0.2) is 14.6 Å². The Kier molecular flexibility index (Phi) is 5.19. The molecule has 1 aromatic heterocycles. The highest BCUT2D eigenvalue weighted by Gasteiger charge is 2.21. The van der Waals surface area contributed by atoms with Gasteiger partial charge in [-0.15, -0.1) is 0 Å². The van der Waals surface area contributed by atoms with Gasteiger partial charge in [0.05, 0.1) is 24.7 Å². The second kappa shape index (κ2) is 6.86. The highest BCUT2D eigenvalue weighted by Crippen LogP contribution is 2.25. The standard InChI is InChI=1S/C11H10N2O7/c1-18-8(5-14)6-20-10-9(13(16)17)3-7(4-12-10)11(15)19-2/h3-4H,6H2,1-2H3. The number of pyridine rings is 1. The summed E-state index contributed by atoms with van der Waals surface area (Å²) in [6.45, 7) is -0.370. The van der Waals surface area contributed by atoms with Crippen LogP contribution in [-0.4, -0.2) is 42.6 Å². The van der Waals surface area contributed by atoms with E-state index in [-0.39, 0.29) is 23.8 Å². The Balaban J connectivity index is 3.05. The van der Waals surface area contributed by atoms with Crippen molar-refractivity contribution < 1.29 is 28.7 Å². The van der Waals surface area contributed by atoms with E-state index in [4.69, 9.17) is 4.74 Å². The van der Waals surface area contributed by atoms with Crippen LogP contribution < -0.4 is 4.74 Å². The Morgan fingerprint density at radius 1 is 1.45 bits per heavy atom. The lowest BCUT2D eigenvalue weighted by atomic mass is 10.2. The van der Waals surface area contributed by atoms with E-state index in [0.717, 1.165) is 19.4 Å². The third-order valence-electron chi connectivity index (χ3n) is 2.15. The van der Waals surface area contributed by atoms with Crippen LogP contribution in [0.1, 0.15) is 10.4 Å². The zero-order valence-electron chi connectivity index (χ0n) is 10.6. The number of esters is 1. The first-order valence-electron chi connectivity index (χ1n) is 5.17. The molecule has 0 radical (unpaired) electrons. The van der Waals surface area contributed by atoms with E-state index in [2.05, 4.69) is 14.5 Å². The van der Waals surface area contributed by atoms with Crippen molar-refractivity contribution in [3.05, 3.63) is 33.7 Å². The number of rotatable bonds is 6. The second-order valence-electron chi connectivity index (χ2n) is 3.32. The number of aromatic nitrogens is 1. The smallest absolute Gasteiger partial charge is 0.339 e. The highest BCUT2D eigenvalue weighted by atomic mass is 16.6. The SMILES string of the molecule is COC(=O)c1cnc(OCC(=C=O)OC)c([N+](=O)[O-])c1. The lowest BCUT2D eigenvalue weighted by molar-refractivity contribution is -0.386. The van der Waals surface area contributed by atoms with Crippen LogP contribution in [0.5, 0.6) is 5.88 Å². The van der Waals surface area contributed by atoms with E-state index in [9.17, 15) is 19.7 Å². The predicted octanol–water partition coefficient (Wildman–Crippen LogP) is 0.517. The van der Waals surface area contributed by atoms with Crippen molar-refractivity contribution in [2.75, 3.05) is 20.8 Å². The number of nitro groups is 1. The number of carbonyl (C=O) groups is 1. The van der Waals surface area contributed by atoms with Crippen molar-refractivity contribution in [1.82, 2.24) is 4.98 Å². The molecule has 0 amide bonds. The molecule has 0 aliphatic carbocycles. The van der Waals surface area contributed by atoms with Crippen LogP contribution in [0.25, 0.3) is 0 Å². The molecule has 1 rings (SSSR count). The molecule has 0 bridgehead atoms. The van der Waals surface area contributed by atoms with Gasteiger partial charge in [-0.2, -0.15) is 0 Å². The third-order valence-corrected chi connectivity index (χ3v) is 2.15. The van der Waals surface area contributed by atoms with E-state index < -0.39 is 16.6 Å². The van der Waals surface area contributed by atoms with Crippen molar-refractivity contribution in [2.45, 2.75) is 0 Å². The molecule has 20 heavy (non-hydrogen) atoms. The number of hydrogen-bond acceptors (Lipinski definition) is 8. The summed E-state index contributed by atoms with van der Waals surface area (Å²) in [7, 11) is 2.37. The lowest BCUT2D eigenvalue weighted by Gasteiger charge is -2.06. The Labute approximate surface area is 112 Å². The van der Waals surface area contributed by atoms with Crippen LogP contribution in [0.3, 0.4) is 0 Å². The van der Waals surface area contributed by atoms with Gasteiger partial charge in [-0.1, -0.05) is 0 Å². The predicted molar refractivity (Wildman–Crippen MR) is 63.9 cm³/mol. The molecule has 0 atom stereocenters. The van der Waals surface area contributed by atoms with Gasteiger partial charge in [0.1, 0.15) is 0 Å². The van der Waals surface area contributed by atoms with Crippen molar-refractivity contribution >= 4 is 17.6 Å². The molecule has 0 aliphatic heterocycles. The van der Waals surface area contributed by atoms with Gasteiger partial charge in [0.25, 0.3) is 5.88 Å². The van der Waals surface area contributed by atoms with E-state index in [1.54, 1.807) is 0 Å². The summed E-state index contributed by atoms with van der Waals surface area (Å²) in [6.07, 6.45) is 1.06. The maximum absolute atomic E-state index is 11.3. The Bertz CT molecular complexity index is 578. The number of carbonyl (C=O) groups excluding carboxylic acids is 2. The normalized spacial score (nSPS) is 9.30. The maximum atomic E-state index is 11.3. The van der Waals surface area contributed by atoms with E-state index >= 15 is 0 Å². The van der Waals surface area contributed by atoms with Crippen molar-refractivity contribution in [1.29, 1.82) is 0 Å². The summed E-state index contributed by atoms with van der Waals surface area (Å²) in [5.74, 6) is 0.154. The molecular weight excluding hydrogens is 272 g/mol. The molecule has 0 saturated heterocycles. The minimum atomic E-state index is -0.772. The molecule has 1 heterocycles. The fraction of sp³-hybridized carbons (Fsp3) is 0.273. The molecule has 0 N–H and O–H groups in total. The monoisotopic (exact) mass is 282 g/mol. The van der Waals surface area contributed by atoms with E-state index in [0.29, 0.717) is 0 Å². The van der Waals surface area contributed by atoms with Crippen LogP contribution in [0, 0.1) is 10.1 Å². The highest BCUT2D eigenvalue weighted by molar-refractivity contribution is 5.89. The van der Waals surface area contributed by atoms with Crippen LogP contribution >= 0.6 is 0 Å². The molecule has 106 valence electrons.